The Balaban J connectivity index is 1.78. The lowest BCUT2D eigenvalue weighted by Gasteiger charge is -1.94. The fourth-order valence-electron chi connectivity index (χ4n) is 1.78. The molecule has 0 aliphatic heterocycles. The number of carbonyl (C=O) groups excluding carboxylic acids is 1. The highest BCUT2D eigenvalue weighted by molar-refractivity contribution is 5.70. The van der Waals surface area contributed by atoms with E-state index in [1.165, 1.54) is 26.4 Å². The van der Waals surface area contributed by atoms with Gasteiger partial charge in [-0.05, 0) is 30.6 Å². The van der Waals surface area contributed by atoms with E-state index in [0.29, 0.717) is 17.8 Å². The summed E-state index contributed by atoms with van der Waals surface area (Å²) in [6, 6.07) is 0. The molecule has 10 heavy (non-hydrogen) atoms. The third-order valence-corrected chi connectivity index (χ3v) is 2.89. The molecule has 1 atom stereocenters. The van der Waals surface area contributed by atoms with E-state index in [9.17, 15) is 4.79 Å². The van der Waals surface area contributed by atoms with E-state index in [1.807, 2.05) is 0 Å². The predicted octanol–water partition coefficient (Wildman–Crippen LogP) is 1.35. The average Bonchev–Trinajstić information content (AvgIpc) is 2.78. The maximum absolute atomic E-state index is 10.8. The van der Waals surface area contributed by atoms with Crippen LogP contribution in [-0.4, -0.2) is 13.1 Å². The molecule has 0 aromatic heterocycles. The Bertz CT molecular complexity index is 170. The average molecular weight is 140 g/mol. The summed E-state index contributed by atoms with van der Waals surface area (Å²) in [5.74, 6) is 0.647. The van der Waals surface area contributed by atoms with Crippen LogP contribution in [-0.2, 0) is 9.53 Å². The second-order valence-electron chi connectivity index (χ2n) is 3.54. The molecule has 2 aliphatic rings. The summed E-state index contributed by atoms with van der Waals surface area (Å²) in [7, 11) is 1.46. The van der Waals surface area contributed by atoms with Crippen molar-refractivity contribution in [3.8, 4) is 0 Å². The highest BCUT2D eigenvalue weighted by atomic mass is 16.5. The minimum atomic E-state index is -0.0335. The Labute approximate surface area is 60.6 Å². The van der Waals surface area contributed by atoms with Crippen LogP contribution in [0.15, 0.2) is 0 Å². The second-order valence-corrected chi connectivity index (χ2v) is 3.54. The third-order valence-electron chi connectivity index (χ3n) is 2.89. The summed E-state index contributed by atoms with van der Waals surface area (Å²) in [4.78, 5) is 10.8. The fraction of sp³-hybridized carbons (Fsp3) is 0.875. The van der Waals surface area contributed by atoms with E-state index in [0.717, 1.165) is 0 Å². The van der Waals surface area contributed by atoms with Gasteiger partial charge in [0.25, 0.3) is 0 Å². The molecule has 0 amide bonds. The number of carbonyl (C=O) groups is 1. The van der Waals surface area contributed by atoms with E-state index in [4.69, 9.17) is 0 Å². The van der Waals surface area contributed by atoms with Crippen molar-refractivity contribution in [3.05, 3.63) is 0 Å². The minimum absolute atomic E-state index is 0.0335. The van der Waals surface area contributed by atoms with Crippen LogP contribution in [0.3, 0.4) is 0 Å². The van der Waals surface area contributed by atoms with Crippen molar-refractivity contribution < 1.29 is 9.53 Å². The van der Waals surface area contributed by atoms with Crippen LogP contribution in [0.4, 0.5) is 0 Å². The summed E-state index contributed by atoms with van der Waals surface area (Å²) in [6.45, 7) is 0. The first-order valence-corrected chi connectivity index (χ1v) is 3.84. The van der Waals surface area contributed by atoms with Gasteiger partial charge in [-0.2, -0.15) is 0 Å². The quantitative estimate of drug-likeness (QED) is 0.541. The molecule has 0 aromatic carbocycles. The van der Waals surface area contributed by atoms with Gasteiger partial charge < -0.3 is 4.74 Å². The lowest BCUT2D eigenvalue weighted by molar-refractivity contribution is -0.141. The van der Waals surface area contributed by atoms with Gasteiger partial charge in [0.1, 0.15) is 0 Å². The second kappa shape index (κ2) is 1.74. The summed E-state index contributed by atoms with van der Waals surface area (Å²) in [6.07, 6.45) is 4.65. The van der Waals surface area contributed by atoms with Gasteiger partial charge in [0.05, 0.1) is 7.11 Å². The monoisotopic (exact) mass is 140 g/mol. The Kier molecular flexibility index (Phi) is 1.08. The van der Waals surface area contributed by atoms with Crippen molar-refractivity contribution in [1.29, 1.82) is 0 Å². The van der Waals surface area contributed by atoms with Gasteiger partial charge in [-0.15, -0.1) is 0 Å². The molecule has 56 valence electrons. The van der Waals surface area contributed by atoms with Crippen molar-refractivity contribution in [2.24, 2.45) is 11.3 Å². The van der Waals surface area contributed by atoms with E-state index < -0.39 is 0 Å². The zero-order chi connectivity index (χ0) is 7.19. The third kappa shape index (κ3) is 0.825. The van der Waals surface area contributed by atoms with Gasteiger partial charge in [-0.25, -0.2) is 0 Å². The van der Waals surface area contributed by atoms with Gasteiger partial charge in [0.2, 0.25) is 0 Å². The van der Waals surface area contributed by atoms with Gasteiger partial charge in [-0.3, -0.25) is 4.79 Å². The zero-order valence-electron chi connectivity index (χ0n) is 6.22. The molecule has 2 heteroatoms. The first-order valence-electron chi connectivity index (χ1n) is 3.84. The van der Waals surface area contributed by atoms with Crippen LogP contribution in [0.1, 0.15) is 25.7 Å². The van der Waals surface area contributed by atoms with E-state index >= 15 is 0 Å². The van der Waals surface area contributed by atoms with E-state index in [2.05, 4.69) is 4.74 Å². The summed E-state index contributed by atoms with van der Waals surface area (Å²) in [5.41, 5.74) is 0.647. The lowest BCUT2D eigenvalue weighted by Crippen LogP contribution is -2.01. The highest BCUT2D eigenvalue weighted by Gasteiger charge is 2.62. The van der Waals surface area contributed by atoms with Crippen molar-refractivity contribution in [2.45, 2.75) is 25.7 Å². The Morgan fingerprint density at radius 2 is 2.40 bits per heavy atom. The molecule has 1 unspecified atom stereocenters. The molecule has 0 aromatic rings. The minimum Gasteiger partial charge on any atom is -0.469 e. The van der Waals surface area contributed by atoms with E-state index in [1.54, 1.807) is 0 Å². The van der Waals surface area contributed by atoms with Crippen LogP contribution < -0.4 is 0 Å². The first-order chi connectivity index (χ1) is 4.77. The van der Waals surface area contributed by atoms with Crippen molar-refractivity contribution in [2.75, 3.05) is 7.11 Å². The van der Waals surface area contributed by atoms with Crippen LogP contribution in [0.5, 0.6) is 0 Å². The largest absolute Gasteiger partial charge is 0.469 e. The SMILES string of the molecule is COC(=O)CC1CC12CC2. The van der Waals surface area contributed by atoms with Gasteiger partial charge >= 0.3 is 5.97 Å². The Morgan fingerprint density at radius 1 is 1.70 bits per heavy atom. The van der Waals surface area contributed by atoms with Crippen molar-refractivity contribution in [1.82, 2.24) is 0 Å². The number of ether oxygens (including phenoxy) is 1. The molecule has 0 N–H and O–H groups in total. The maximum Gasteiger partial charge on any atom is 0.305 e. The van der Waals surface area contributed by atoms with Gasteiger partial charge in [-0.1, -0.05) is 0 Å². The molecule has 2 nitrogen and oxygen atoms in total. The number of rotatable bonds is 2. The summed E-state index contributed by atoms with van der Waals surface area (Å²) in [5, 5.41) is 0. The molecule has 1 spiro atoms. The first kappa shape index (κ1) is 6.20. The molecule has 0 heterocycles. The number of hydrogen-bond donors (Lipinski definition) is 0. The Hall–Kier alpha value is -0.530. The molecule has 2 fully saturated rings. The smallest absolute Gasteiger partial charge is 0.305 e. The lowest BCUT2D eigenvalue weighted by atomic mass is 10.2. The standard InChI is InChI=1S/C8H12O2/c1-10-7(9)4-6-5-8(6)2-3-8/h6H,2-5H2,1H3. The maximum atomic E-state index is 10.8. The van der Waals surface area contributed by atoms with Gasteiger partial charge in [0.15, 0.2) is 0 Å². The van der Waals surface area contributed by atoms with Crippen LogP contribution in [0, 0.1) is 11.3 Å². The van der Waals surface area contributed by atoms with Crippen LogP contribution in [0.2, 0.25) is 0 Å². The predicted molar refractivity (Wildman–Crippen MR) is 36.4 cm³/mol. The van der Waals surface area contributed by atoms with Crippen LogP contribution >= 0.6 is 0 Å². The Morgan fingerprint density at radius 3 is 2.80 bits per heavy atom. The number of methoxy groups -OCH3 is 1. The van der Waals surface area contributed by atoms with Crippen molar-refractivity contribution in [3.63, 3.8) is 0 Å². The highest BCUT2D eigenvalue weighted by Crippen LogP contribution is 2.71. The molecule has 2 aliphatic carbocycles. The number of esters is 1. The molecule has 0 saturated heterocycles. The van der Waals surface area contributed by atoms with Gasteiger partial charge in [0, 0.05) is 6.42 Å². The van der Waals surface area contributed by atoms with Crippen LogP contribution in [0.25, 0.3) is 0 Å². The fourth-order valence-corrected chi connectivity index (χ4v) is 1.78. The topological polar surface area (TPSA) is 26.3 Å². The molecular weight excluding hydrogens is 128 g/mol. The van der Waals surface area contributed by atoms with E-state index in [-0.39, 0.29) is 5.97 Å². The molecular formula is C8H12O2. The summed E-state index contributed by atoms with van der Waals surface area (Å²) < 4.78 is 4.58. The molecule has 2 rings (SSSR count). The molecule has 0 bridgehead atoms. The van der Waals surface area contributed by atoms with Crippen molar-refractivity contribution >= 4 is 5.97 Å². The zero-order valence-corrected chi connectivity index (χ0v) is 6.22. The number of hydrogen-bond acceptors (Lipinski definition) is 2. The molecule has 2 saturated carbocycles. The summed E-state index contributed by atoms with van der Waals surface area (Å²) >= 11 is 0. The normalized spacial score (nSPS) is 31.9. The molecule has 0 radical (unpaired) electrons.